The van der Waals surface area contributed by atoms with Crippen molar-refractivity contribution in [3.05, 3.63) is 135 Å². The predicted octanol–water partition coefficient (Wildman–Crippen LogP) is 8.73. The maximum absolute atomic E-state index is 15.9. The molecule has 53 heavy (non-hydrogen) atoms. The van der Waals surface area contributed by atoms with Crippen molar-refractivity contribution in [2.24, 2.45) is 0 Å². The standard InChI is InChI=1S/C41H42F5N3O3S/c1-27-6-15-36-34(22-27)37(50)23-39(53-26-31-4-3-5-35(42)40(31)43)49(36)25-38(51)48(33-16-18-47(19-17-33)20-21-52-2)24-28-7-9-29(10-8-28)30-11-13-32(14-12-30)41(44,45)46/h3-15,22-23,33,37,50H,16-21,24-26H2,1-2H3/i2D3,6D,15D,16D2,17D2,18D2,19D2,20D2,22D,23D,24D2,25D2,26D2,33D. The van der Waals surface area contributed by atoms with Crippen molar-refractivity contribution in [3.8, 4) is 11.1 Å². The van der Waals surface area contributed by atoms with Gasteiger partial charge in [0.15, 0.2) is 11.6 Å². The number of hydrogen-bond acceptors (Lipinski definition) is 6. The van der Waals surface area contributed by atoms with Crippen molar-refractivity contribution in [2.75, 3.05) is 44.5 Å². The number of aliphatic hydroxyl groups excluding tert-OH is 1. The zero-order valence-corrected chi connectivity index (χ0v) is 27.9. The molecule has 6 nitrogen and oxygen atoms in total. The van der Waals surface area contributed by atoms with Crippen LogP contribution in [0.2, 0.25) is 0 Å². The fourth-order valence-corrected chi connectivity index (χ4v) is 5.51. The van der Waals surface area contributed by atoms with E-state index in [0.29, 0.717) is 36.4 Å². The number of carbonyl (C=O) groups excluding carboxylic acids is 1. The highest BCUT2D eigenvalue weighted by atomic mass is 32.2. The Kier molecular flexibility index (Phi) is 5.85. The topological polar surface area (TPSA) is 56.3 Å². The third-order valence-electron chi connectivity index (χ3n) is 7.29. The molecule has 0 aromatic heterocycles. The number of likely N-dealkylation sites (tertiary alicyclic amines) is 1. The van der Waals surface area contributed by atoms with E-state index in [1.165, 1.54) is 0 Å². The first-order valence-electron chi connectivity index (χ1n) is 27.1. The predicted molar refractivity (Wildman–Crippen MR) is 198 cm³/mol. The fourth-order valence-electron chi connectivity index (χ4n) is 4.75. The zero-order chi connectivity index (χ0) is 58.9. The van der Waals surface area contributed by atoms with Gasteiger partial charge in [0.05, 0.1) is 33.6 Å². The molecule has 6 rings (SSSR count). The van der Waals surface area contributed by atoms with Crippen molar-refractivity contribution >= 4 is 23.4 Å². The van der Waals surface area contributed by atoms with Gasteiger partial charge in [-0.1, -0.05) is 66.2 Å². The minimum Gasteiger partial charge on any atom is -0.384 e. The molecule has 0 radical (unpaired) electrons. The summed E-state index contributed by atoms with van der Waals surface area (Å²) in [5, 5.41) is 10.2. The number of piperidine rings is 1. The van der Waals surface area contributed by atoms with Gasteiger partial charge in [-0.2, -0.15) is 13.2 Å². The third-order valence-corrected chi connectivity index (χ3v) is 8.10. The minimum atomic E-state index is -5.01. The lowest BCUT2D eigenvalue weighted by molar-refractivity contribution is -0.137. The third kappa shape index (κ3) is 9.29. The van der Waals surface area contributed by atoms with Crippen molar-refractivity contribution in [1.82, 2.24) is 9.80 Å². The number of thioether (sulfide) groups is 1. The second-order valence-corrected chi connectivity index (χ2v) is 11.7. The van der Waals surface area contributed by atoms with Crippen molar-refractivity contribution in [2.45, 2.75) is 50.2 Å². The summed E-state index contributed by atoms with van der Waals surface area (Å²) in [5.41, 5.74) is -9.53. The number of benzene rings is 4. The molecule has 12 heteroatoms. The molecule has 0 bridgehead atoms. The van der Waals surface area contributed by atoms with E-state index in [1.807, 2.05) is 0 Å². The SMILES string of the molecule is [2H]C1=C(SC([2H])([2H])c2cccc(F)c2F)N(C([2H])([2H])C(=O)N(C([2H])([2H])c2ccc(-c3ccc(C(F)(F)F)cc3)cc2)C2([2H])C([2H])([2H])C([2H])([2H])N(C([2H])([2H])COC([2H])([2H])[2H])C([2H])([2H])C2([2H])[2H])c2c([2H])c([2H])c(C)c([2H])c2C1O. The highest BCUT2D eigenvalue weighted by Crippen LogP contribution is 2.41. The smallest absolute Gasteiger partial charge is 0.384 e. The molecule has 1 fully saturated rings. The van der Waals surface area contributed by atoms with Gasteiger partial charge in [-0.25, -0.2) is 8.78 Å². The van der Waals surface area contributed by atoms with Crippen LogP contribution >= 0.6 is 11.8 Å². The highest BCUT2D eigenvalue weighted by Gasteiger charge is 2.33. The van der Waals surface area contributed by atoms with E-state index in [9.17, 15) is 35.0 Å². The number of anilines is 1. The number of amides is 1. The van der Waals surface area contributed by atoms with Crippen LogP contribution in [0.25, 0.3) is 11.1 Å². The maximum atomic E-state index is 15.9. The second-order valence-electron chi connectivity index (χ2n) is 10.9. The summed E-state index contributed by atoms with van der Waals surface area (Å²) in [4.78, 5) is 13.8. The summed E-state index contributed by atoms with van der Waals surface area (Å²) in [6, 6.07) is -0.954. The average Bonchev–Trinajstić information content (AvgIpc) is 3.30. The van der Waals surface area contributed by atoms with E-state index < -0.39 is 185 Å². The van der Waals surface area contributed by atoms with E-state index in [1.54, 1.807) is 0 Å². The van der Waals surface area contributed by atoms with Crippen LogP contribution in [0.4, 0.5) is 27.6 Å². The molecule has 1 amide bonds. The normalized spacial score (nSPS) is 29.3. The molecule has 280 valence electrons. The van der Waals surface area contributed by atoms with Gasteiger partial charge >= 0.3 is 6.18 Å². The molecular weight excluding hydrogens is 710 g/mol. The lowest BCUT2D eigenvalue weighted by Crippen LogP contribution is -2.50. The Morgan fingerprint density at radius 3 is 2.47 bits per heavy atom. The molecule has 2 heterocycles. The summed E-state index contributed by atoms with van der Waals surface area (Å²) in [5.74, 6) is -6.36. The number of aliphatic hydroxyl groups is 1. The van der Waals surface area contributed by atoms with Gasteiger partial charge in [0.25, 0.3) is 0 Å². The number of ether oxygens (including phenoxy) is 1. The van der Waals surface area contributed by atoms with Gasteiger partial charge in [0.1, 0.15) is 12.6 Å². The van der Waals surface area contributed by atoms with Crippen molar-refractivity contribution < 1.29 is 69.5 Å². The summed E-state index contributed by atoms with van der Waals surface area (Å²) in [7, 11) is -3.52. The van der Waals surface area contributed by atoms with Gasteiger partial charge < -0.3 is 24.5 Å². The zero-order valence-electron chi connectivity index (χ0n) is 51.0. The largest absolute Gasteiger partial charge is 0.416 e. The van der Waals surface area contributed by atoms with Crippen LogP contribution in [0.15, 0.2) is 95.9 Å². The second kappa shape index (κ2) is 16.8. The Morgan fingerprint density at radius 2 is 1.79 bits per heavy atom. The summed E-state index contributed by atoms with van der Waals surface area (Å²) < 4.78 is 288. The molecule has 4 aromatic carbocycles. The van der Waals surface area contributed by atoms with Crippen LogP contribution in [0.5, 0.6) is 0 Å². The van der Waals surface area contributed by atoms with E-state index >= 15 is 9.18 Å². The summed E-state index contributed by atoms with van der Waals surface area (Å²) >= 11 is -0.492. The lowest BCUT2D eigenvalue weighted by Gasteiger charge is -2.40. The van der Waals surface area contributed by atoms with Crippen LogP contribution in [-0.2, 0) is 27.9 Å². The number of nitrogens with zero attached hydrogens (tertiary/aromatic N) is 3. The number of carbonyl (C=O) groups is 1. The van der Waals surface area contributed by atoms with Gasteiger partial charge in [0.2, 0.25) is 5.91 Å². The maximum Gasteiger partial charge on any atom is 0.416 e. The number of alkyl halides is 3. The van der Waals surface area contributed by atoms with Crippen LogP contribution in [0, 0.1) is 18.6 Å². The Balaban J connectivity index is 1.70. The van der Waals surface area contributed by atoms with E-state index in [-0.39, 0.29) is 16.0 Å². The highest BCUT2D eigenvalue weighted by molar-refractivity contribution is 8.02. The molecule has 1 atom stereocenters. The average molecular weight is 776 g/mol. The first-order chi connectivity index (χ1) is 34.6. The Hall–Kier alpha value is -4.23. The fraction of sp³-hybridized carbons (Fsp3) is 0.341. The summed E-state index contributed by atoms with van der Waals surface area (Å²) in [6.45, 7) is -23.0. The molecule has 1 saturated heterocycles. The molecule has 2 aliphatic heterocycles. The number of fused-ring (bicyclic) bond motifs is 1. The van der Waals surface area contributed by atoms with Crippen molar-refractivity contribution in [1.29, 1.82) is 0 Å². The molecular formula is C41H42F5N3O3S. The molecule has 0 saturated carbocycles. The van der Waals surface area contributed by atoms with Crippen LogP contribution in [0.1, 0.15) is 79.6 Å². The Bertz CT molecular complexity index is 2990. The summed E-state index contributed by atoms with van der Waals surface area (Å²) in [6.07, 6.45) is -17.0. The minimum absolute atomic E-state index is 0.0143. The number of hydrogen-bond donors (Lipinski definition) is 1. The van der Waals surface area contributed by atoms with Crippen LogP contribution < -0.4 is 4.90 Å². The molecule has 4 aromatic rings. The van der Waals surface area contributed by atoms with Gasteiger partial charge in [-0.05, 0) is 66.7 Å². The molecule has 0 aliphatic carbocycles. The Labute approximate surface area is 344 Å². The molecule has 1 N–H and O–H groups in total. The number of methoxy groups -OCH3 is 1. The van der Waals surface area contributed by atoms with Gasteiger partial charge in [-0.15, -0.1) is 11.8 Å². The number of rotatable bonds is 12. The molecule has 1 unspecified atom stereocenters. The van der Waals surface area contributed by atoms with Gasteiger partial charge in [-0.3, -0.25) is 4.79 Å². The van der Waals surface area contributed by atoms with Crippen LogP contribution in [-0.4, -0.2) is 66.5 Å². The van der Waals surface area contributed by atoms with Gasteiger partial charge in [0, 0.05) is 78.0 Å². The van der Waals surface area contributed by atoms with E-state index in [0.717, 1.165) is 37.3 Å². The van der Waals surface area contributed by atoms with E-state index in [4.69, 9.17) is 20.6 Å². The Morgan fingerprint density at radius 1 is 1.09 bits per heavy atom. The number of halogens is 5. The molecule has 0 spiro atoms. The first-order valence-corrected chi connectivity index (χ1v) is 16.0. The lowest BCUT2D eigenvalue weighted by atomic mass is 9.99. The van der Waals surface area contributed by atoms with E-state index in [2.05, 4.69) is 4.74 Å². The molecule has 2 aliphatic rings. The quantitative estimate of drug-likeness (QED) is 0.146. The van der Waals surface area contributed by atoms with Crippen LogP contribution in [0.3, 0.4) is 0 Å². The van der Waals surface area contributed by atoms with Crippen molar-refractivity contribution in [3.63, 3.8) is 0 Å². The first kappa shape index (κ1) is 18.4. The monoisotopic (exact) mass is 775 g/mol.